The van der Waals surface area contributed by atoms with Crippen molar-refractivity contribution in [1.29, 1.82) is 0 Å². The molecule has 0 saturated carbocycles. The number of aromatic carboxylic acids is 1. The summed E-state index contributed by atoms with van der Waals surface area (Å²) >= 11 is 0. The lowest BCUT2D eigenvalue weighted by atomic mass is 9.59. The first-order valence-corrected chi connectivity index (χ1v) is 12.5. The lowest BCUT2D eigenvalue weighted by molar-refractivity contribution is -0.123. The number of carbonyl (C=O) groups excluding carboxylic acids is 4. The summed E-state index contributed by atoms with van der Waals surface area (Å²) in [5.74, 6) is -7.35. The number of carboxylic acids is 1. The Kier molecular flexibility index (Phi) is 5.50. The molecule has 0 spiro atoms. The Balaban J connectivity index is 1.48. The van der Waals surface area contributed by atoms with Crippen molar-refractivity contribution in [3.8, 4) is 5.75 Å². The third-order valence-corrected chi connectivity index (χ3v) is 8.22. The molecular formula is C30H22FNO7. The summed E-state index contributed by atoms with van der Waals surface area (Å²) in [7, 11) is 0. The number of benzene rings is 2. The van der Waals surface area contributed by atoms with Gasteiger partial charge in [-0.3, -0.25) is 24.1 Å². The van der Waals surface area contributed by atoms with Crippen LogP contribution in [0.25, 0.3) is 0 Å². The third-order valence-electron chi connectivity index (χ3n) is 8.22. The minimum atomic E-state index is -1.20. The van der Waals surface area contributed by atoms with E-state index in [0.29, 0.717) is 11.1 Å². The molecule has 4 aliphatic rings. The number of hydrogen-bond acceptors (Lipinski definition) is 6. The first-order chi connectivity index (χ1) is 18.6. The Labute approximate surface area is 221 Å². The molecule has 0 radical (unpaired) electrons. The molecule has 1 aliphatic heterocycles. The zero-order chi connectivity index (χ0) is 27.7. The van der Waals surface area contributed by atoms with Crippen LogP contribution in [0.4, 0.5) is 10.1 Å². The van der Waals surface area contributed by atoms with Crippen molar-refractivity contribution in [3.63, 3.8) is 0 Å². The molecule has 2 amide bonds. The van der Waals surface area contributed by atoms with E-state index in [1.807, 2.05) is 0 Å². The van der Waals surface area contributed by atoms with Crippen molar-refractivity contribution < 1.29 is 38.6 Å². The molecule has 2 aromatic carbocycles. The second-order valence-corrected chi connectivity index (χ2v) is 10.3. The first kappa shape index (κ1) is 24.7. The minimum Gasteiger partial charge on any atom is -0.505 e. The van der Waals surface area contributed by atoms with E-state index in [2.05, 4.69) is 0 Å². The maximum atomic E-state index is 14.5. The summed E-state index contributed by atoms with van der Waals surface area (Å²) in [6.45, 7) is 1.54. The number of phenols is 1. The number of hydrogen-bond donors (Lipinski definition) is 2. The SMILES string of the molecule is CC1=CC(=O)C2=C(CC3C(=CCC4C(=O)N(c5cccc(C(=O)O)c5)C(=O)C43)C2c2ccc(O)c(F)c2)C1=O. The Morgan fingerprint density at radius 1 is 1.03 bits per heavy atom. The van der Waals surface area contributed by atoms with Gasteiger partial charge in [-0.1, -0.05) is 23.8 Å². The molecule has 4 unspecified atom stereocenters. The topological polar surface area (TPSA) is 129 Å². The predicted octanol–water partition coefficient (Wildman–Crippen LogP) is 3.86. The average Bonchev–Trinajstić information content (AvgIpc) is 3.17. The Bertz CT molecular complexity index is 1630. The highest BCUT2D eigenvalue weighted by Crippen LogP contribution is 2.55. The molecule has 9 heteroatoms. The number of anilines is 1. The van der Waals surface area contributed by atoms with Crippen LogP contribution in [-0.2, 0) is 19.2 Å². The normalized spacial score (nSPS) is 26.2. The van der Waals surface area contributed by atoms with Crippen LogP contribution in [0.3, 0.4) is 0 Å². The van der Waals surface area contributed by atoms with E-state index in [0.717, 1.165) is 11.0 Å². The van der Waals surface area contributed by atoms with E-state index in [9.17, 15) is 38.6 Å². The van der Waals surface area contributed by atoms with E-state index in [1.165, 1.54) is 49.4 Å². The van der Waals surface area contributed by atoms with E-state index in [4.69, 9.17) is 0 Å². The fourth-order valence-electron chi connectivity index (χ4n) is 6.50. The minimum absolute atomic E-state index is 0.0666. The van der Waals surface area contributed by atoms with Crippen molar-refractivity contribution in [2.24, 2.45) is 17.8 Å². The summed E-state index contributed by atoms with van der Waals surface area (Å²) in [6, 6.07) is 9.37. The Hall–Kier alpha value is -4.66. The maximum absolute atomic E-state index is 14.5. The molecule has 1 heterocycles. The summed E-state index contributed by atoms with van der Waals surface area (Å²) in [5, 5.41) is 19.1. The molecule has 0 aromatic heterocycles. The van der Waals surface area contributed by atoms with Gasteiger partial charge in [-0.05, 0) is 67.7 Å². The molecule has 1 saturated heterocycles. The molecule has 3 aliphatic carbocycles. The standard InChI is InChI=1S/C30H22FNO7/c1-13-9-23(34)26-20(27(13)35)12-19-17(24(26)14-5-8-22(33)21(31)11-14)6-7-18-25(19)29(37)32(28(18)36)16-4-2-3-15(10-16)30(38)39/h2-6,8-11,18-19,24-25,33H,7,12H2,1H3,(H,38,39). The highest BCUT2D eigenvalue weighted by atomic mass is 19.1. The van der Waals surface area contributed by atoms with Gasteiger partial charge in [-0.15, -0.1) is 0 Å². The van der Waals surface area contributed by atoms with Crippen molar-refractivity contribution in [2.45, 2.75) is 25.7 Å². The average molecular weight is 528 g/mol. The van der Waals surface area contributed by atoms with Gasteiger partial charge in [-0.2, -0.15) is 0 Å². The first-order valence-electron chi connectivity index (χ1n) is 12.5. The van der Waals surface area contributed by atoms with Crippen LogP contribution < -0.4 is 4.90 Å². The van der Waals surface area contributed by atoms with Gasteiger partial charge in [0.15, 0.2) is 23.1 Å². The number of ketones is 2. The number of carbonyl (C=O) groups is 5. The van der Waals surface area contributed by atoms with Gasteiger partial charge in [0.1, 0.15) is 0 Å². The second-order valence-electron chi connectivity index (χ2n) is 10.3. The number of halogens is 1. The molecule has 196 valence electrons. The fourth-order valence-corrected chi connectivity index (χ4v) is 6.50. The van der Waals surface area contributed by atoms with Crippen molar-refractivity contribution in [3.05, 3.63) is 93.9 Å². The number of nitrogens with zero attached hydrogens (tertiary/aromatic N) is 1. The van der Waals surface area contributed by atoms with Crippen LogP contribution in [0, 0.1) is 23.6 Å². The summed E-state index contributed by atoms with van der Waals surface area (Å²) in [6.07, 6.45) is 3.32. The molecule has 0 bridgehead atoms. The second kappa shape index (κ2) is 8.69. The summed E-state index contributed by atoms with van der Waals surface area (Å²) in [5.41, 5.74) is 1.80. The number of imide groups is 1. The maximum Gasteiger partial charge on any atom is 0.335 e. The summed E-state index contributed by atoms with van der Waals surface area (Å²) in [4.78, 5) is 66.4. The van der Waals surface area contributed by atoms with E-state index in [1.54, 1.807) is 6.08 Å². The molecule has 39 heavy (non-hydrogen) atoms. The number of aromatic hydroxyl groups is 1. The van der Waals surface area contributed by atoms with Crippen molar-refractivity contribution >= 4 is 35.0 Å². The van der Waals surface area contributed by atoms with Gasteiger partial charge in [0.25, 0.3) is 0 Å². The van der Waals surface area contributed by atoms with Gasteiger partial charge < -0.3 is 10.2 Å². The van der Waals surface area contributed by atoms with Crippen LogP contribution >= 0.6 is 0 Å². The van der Waals surface area contributed by atoms with Gasteiger partial charge in [0, 0.05) is 22.6 Å². The van der Waals surface area contributed by atoms with E-state index in [-0.39, 0.29) is 52.4 Å². The number of fused-ring (bicyclic) bond motifs is 3. The highest BCUT2D eigenvalue weighted by Gasteiger charge is 2.56. The number of rotatable bonds is 3. The number of phenolic OH excluding ortho intramolecular Hbond substituents is 1. The number of amides is 2. The Morgan fingerprint density at radius 3 is 2.51 bits per heavy atom. The molecule has 1 fully saturated rings. The van der Waals surface area contributed by atoms with Crippen LogP contribution in [-0.4, -0.2) is 39.6 Å². The Morgan fingerprint density at radius 2 is 1.79 bits per heavy atom. The monoisotopic (exact) mass is 527 g/mol. The van der Waals surface area contributed by atoms with E-state index >= 15 is 0 Å². The predicted molar refractivity (Wildman–Crippen MR) is 135 cm³/mol. The van der Waals surface area contributed by atoms with Crippen molar-refractivity contribution in [1.82, 2.24) is 0 Å². The molecule has 2 N–H and O–H groups in total. The fraction of sp³-hybridized carbons (Fsp3) is 0.233. The zero-order valence-corrected chi connectivity index (χ0v) is 20.7. The lowest BCUT2D eigenvalue weighted by Gasteiger charge is -2.42. The number of carboxylic acid groups (broad SMARTS) is 1. The smallest absolute Gasteiger partial charge is 0.335 e. The van der Waals surface area contributed by atoms with Crippen molar-refractivity contribution in [2.75, 3.05) is 4.90 Å². The molecule has 6 rings (SSSR count). The molecule has 4 atom stereocenters. The van der Waals surface area contributed by atoms with Crippen LogP contribution in [0.1, 0.15) is 41.6 Å². The third kappa shape index (κ3) is 3.60. The van der Waals surface area contributed by atoms with E-state index < -0.39 is 53.0 Å². The van der Waals surface area contributed by atoms with Crippen LogP contribution in [0.15, 0.2) is 76.9 Å². The molecular weight excluding hydrogens is 505 g/mol. The van der Waals surface area contributed by atoms with Crippen LogP contribution in [0.2, 0.25) is 0 Å². The number of allylic oxidation sites excluding steroid dienone is 6. The van der Waals surface area contributed by atoms with Gasteiger partial charge in [0.2, 0.25) is 11.8 Å². The highest BCUT2D eigenvalue weighted by molar-refractivity contribution is 6.25. The summed E-state index contributed by atoms with van der Waals surface area (Å²) < 4.78 is 14.5. The van der Waals surface area contributed by atoms with Gasteiger partial charge >= 0.3 is 5.97 Å². The van der Waals surface area contributed by atoms with Gasteiger partial charge in [-0.25, -0.2) is 9.18 Å². The van der Waals surface area contributed by atoms with Crippen LogP contribution in [0.5, 0.6) is 5.75 Å². The largest absolute Gasteiger partial charge is 0.505 e. The lowest BCUT2D eigenvalue weighted by Crippen LogP contribution is -2.39. The van der Waals surface area contributed by atoms with Gasteiger partial charge in [0.05, 0.1) is 23.1 Å². The number of Topliss-reactive ketones (excluding diaryl/α,β-unsaturated/α-hetero) is 1. The molecule has 8 nitrogen and oxygen atoms in total. The molecule has 2 aromatic rings. The zero-order valence-electron chi connectivity index (χ0n) is 20.7. The quantitative estimate of drug-likeness (QED) is 0.352.